The summed E-state index contributed by atoms with van der Waals surface area (Å²) in [5.74, 6) is 0.208. The van der Waals surface area contributed by atoms with Gasteiger partial charge in [-0.25, -0.2) is 0 Å². The molecule has 4 aromatic carbocycles. The highest BCUT2D eigenvalue weighted by Gasteiger charge is 2.35. The van der Waals surface area contributed by atoms with Crippen LogP contribution in [-0.4, -0.2) is 72.0 Å². The van der Waals surface area contributed by atoms with E-state index in [0.29, 0.717) is 25.2 Å². The van der Waals surface area contributed by atoms with E-state index in [-0.39, 0.29) is 29.8 Å². The Morgan fingerprint density at radius 1 is 0.792 bits per heavy atom. The minimum atomic E-state index is -0.271. The van der Waals surface area contributed by atoms with Crippen molar-refractivity contribution in [3.8, 4) is 0 Å². The predicted molar refractivity (Wildman–Crippen MR) is 194 cm³/mol. The van der Waals surface area contributed by atoms with E-state index in [2.05, 4.69) is 87.2 Å². The first-order valence-electron chi connectivity index (χ1n) is 18.3. The summed E-state index contributed by atoms with van der Waals surface area (Å²) >= 11 is 0. The second kappa shape index (κ2) is 15.5. The van der Waals surface area contributed by atoms with Crippen molar-refractivity contribution >= 4 is 22.6 Å². The molecule has 4 aromatic rings. The average Bonchev–Trinajstić information content (AvgIpc) is 3.22. The van der Waals surface area contributed by atoms with Crippen LogP contribution in [0.3, 0.4) is 0 Å². The van der Waals surface area contributed by atoms with Crippen LogP contribution in [0.1, 0.15) is 85.2 Å². The van der Waals surface area contributed by atoms with Crippen molar-refractivity contribution in [2.75, 3.05) is 26.2 Å². The molecule has 0 spiro atoms. The van der Waals surface area contributed by atoms with Crippen LogP contribution in [0.2, 0.25) is 0 Å². The van der Waals surface area contributed by atoms with E-state index < -0.39 is 0 Å². The van der Waals surface area contributed by atoms with E-state index in [1.54, 1.807) is 0 Å². The Bertz CT molecular complexity index is 1600. The Morgan fingerprint density at radius 3 is 2.04 bits per heavy atom. The maximum atomic E-state index is 14.4. The van der Waals surface area contributed by atoms with Crippen LogP contribution >= 0.6 is 0 Å². The van der Waals surface area contributed by atoms with Crippen LogP contribution in [0.5, 0.6) is 0 Å². The molecule has 2 atom stereocenters. The quantitative estimate of drug-likeness (QED) is 0.163. The molecule has 2 N–H and O–H groups in total. The van der Waals surface area contributed by atoms with Gasteiger partial charge in [0.1, 0.15) is 0 Å². The van der Waals surface area contributed by atoms with Crippen molar-refractivity contribution in [1.29, 1.82) is 0 Å². The lowest BCUT2D eigenvalue weighted by atomic mass is 9.84. The molecule has 0 bridgehead atoms. The van der Waals surface area contributed by atoms with Gasteiger partial charge in [0.2, 0.25) is 5.91 Å². The maximum Gasteiger partial charge on any atom is 0.251 e. The van der Waals surface area contributed by atoms with Crippen LogP contribution < -0.4 is 10.6 Å². The normalized spacial score (nSPS) is 20.5. The van der Waals surface area contributed by atoms with Gasteiger partial charge < -0.3 is 15.5 Å². The third kappa shape index (κ3) is 7.66. The Labute approximate surface area is 285 Å². The molecule has 0 aromatic heterocycles. The van der Waals surface area contributed by atoms with Gasteiger partial charge >= 0.3 is 0 Å². The van der Waals surface area contributed by atoms with Gasteiger partial charge in [-0.1, -0.05) is 104 Å². The molecular formula is C42H50N4O2. The number of amides is 2. The Hall–Kier alpha value is -4.00. The van der Waals surface area contributed by atoms with Crippen molar-refractivity contribution in [1.82, 2.24) is 20.4 Å². The number of fused-ring (bicyclic) bond motifs is 1. The maximum absolute atomic E-state index is 14.4. The number of rotatable bonds is 13. The van der Waals surface area contributed by atoms with E-state index in [9.17, 15) is 9.59 Å². The lowest BCUT2D eigenvalue weighted by Crippen LogP contribution is -2.51. The largest absolute Gasteiger partial charge is 0.350 e. The van der Waals surface area contributed by atoms with E-state index in [4.69, 9.17) is 0 Å². The molecule has 6 heteroatoms. The molecule has 0 radical (unpaired) electrons. The van der Waals surface area contributed by atoms with Crippen LogP contribution in [0.4, 0.5) is 0 Å². The molecule has 48 heavy (non-hydrogen) atoms. The highest BCUT2D eigenvalue weighted by Crippen LogP contribution is 2.34. The molecule has 3 fully saturated rings. The van der Waals surface area contributed by atoms with Crippen LogP contribution in [0.15, 0.2) is 103 Å². The SMILES string of the molecule is O=C(NC[C@@H]1CCN(CC(c2ccccc2)c2ccccc2)C(=O)[C@H](CCCN(C2CCC2)C2CCC2)N1)c1ccc2ccccc2c1. The standard InChI is InChI=1S/C42H50N4O2/c47-41(35-24-23-31-12-7-8-17-34(31)28-35)43-29-36-25-27-45(30-39(32-13-3-1-4-14-32)33-15-5-2-6-16-33)42(48)40(44-36)22-11-26-46(37-18-9-19-37)38-20-10-21-38/h1-8,12-17,23-24,28,36-40,44H,9-11,18-22,25-27,29-30H2,(H,43,47)/t36-,40-/m0/s1. The van der Waals surface area contributed by atoms with Gasteiger partial charge in [-0.05, 0) is 85.5 Å². The number of nitrogens with zero attached hydrogens (tertiary/aromatic N) is 2. The molecular weight excluding hydrogens is 592 g/mol. The molecule has 2 saturated carbocycles. The molecule has 1 heterocycles. The number of hydrogen-bond acceptors (Lipinski definition) is 4. The van der Waals surface area contributed by atoms with Gasteiger partial charge in [0.25, 0.3) is 5.91 Å². The summed E-state index contributed by atoms with van der Waals surface area (Å²) in [6.07, 6.45) is 10.6. The molecule has 7 rings (SSSR count). The van der Waals surface area contributed by atoms with Crippen molar-refractivity contribution in [3.63, 3.8) is 0 Å². The number of carbonyl (C=O) groups excluding carboxylic acids is 2. The first-order chi connectivity index (χ1) is 23.6. The third-order valence-electron chi connectivity index (χ3n) is 11.1. The third-order valence-corrected chi connectivity index (χ3v) is 11.1. The van der Waals surface area contributed by atoms with Gasteiger partial charge in [-0.2, -0.15) is 0 Å². The lowest BCUT2D eigenvalue weighted by Gasteiger charge is -2.46. The molecule has 0 unspecified atom stereocenters. The Balaban J connectivity index is 1.06. The fourth-order valence-corrected chi connectivity index (χ4v) is 7.85. The fraction of sp³-hybridized carbons (Fsp3) is 0.429. The predicted octanol–water partition coefficient (Wildman–Crippen LogP) is 7.15. The minimum Gasteiger partial charge on any atom is -0.350 e. The van der Waals surface area contributed by atoms with E-state index in [0.717, 1.165) is 48.7 Å². The second-order valence-corrected chi connectivity index (χ2v) is 14.2. The van der Waals surface area contributed by atoms with Gasteiger partial charge in [-0.3, -0.25) is 14.5 Å². The molecule has 6 nitrogen and oxygen atoms in total. The topological polar surface area (TPSA) is 64.7 Å². The average molecular weight is 643 g/mol. The number of benzene rings is 4. The highest BCUT2D eigenvalue weighted by atomic mass is 16.2. The zero-order valence-electron chi connectivity index (χ0n) is 28.1. The Kier molecular flexibility index (Phi) is 10.5. The smallest absolute Gasteiger partial charge is 0.251 e. The number of hydrogen-bond donors (Lipinski definition) is 2. The lowest BCUT2D eigenvalue weighted by molar-refractivity contribution is -0.133. The van der Waals surface area contributed by atoms with Gasteiger partial charge in [0.15, 0.2) is 0 Å². The highest BCUT2D eigenvalue weighted by molar-refractivity contribution is 5.98. The first-order valence-corrected chi connectivity index (χ1v) is 18.3. The Morgan fingerprint density at radius 2 is 1.42 bits per heavy atom. The van der Waals surface area contributed by atoms with Gasteiger partial charge in [0.05, 0.1) is 6.04 Å². The second-order valence-electron chi connectivity index (χ2n) is 14.2. The van der Waals surface area contributed by atoms with Crippen LogP contribution in [-0.2, 0) is 4.79 Å². The zero-order chi connectivity index (χ0) is 32.7. The zero-order valence-corrected chi connectivity index (χ0v) is 28.1. The molecule has 2 amide bonds. The summed E-state index contributed by atoms with van der Waals surface area (Å²) in [5.41, 5.74) is 3.11. The van der Waals surface area contributed by atoms with Crippen molar-refractivity contribution in [2.24, 2.45) is 0 Å². The van der Waals surface area contributed by atoms with Gasteiger partial charge in [-0.15, -0.1) is 0 Å². The summed E-state index contributed by atoms with van der Waals surface area (Å²) in [5, 5.41) is 9.13. The number of carbonyl (C=O) groups is 2. The summed E-state index contributed by atoms with van der Waals surface area (Å²) in [6.45, 7) is 2.85. The molecule has 3 aliphatic rings. The van der Waals surface area contributed by atoms with Crippen LogP contribution in [0, 0.1) is 0 Å². The van der Waals surface area contributed by atoms with E-state index in [1.807, 2.05) is 36.4 Å². The molecule has 2 aliphatic carbocycles. The summed E-state index contributed by atoms with van der Waals surface area (Å²) in [6, 6.07) is 36.4. The molecule has 1 saturated heterocycles. The summed E-state index contributed by atoms with van der Waals surface area (Å²) < 4.78 is 0. The fourth-order valence-electron chi connectivity index (χ4n) is 7.85. The minimum absolute atomic E-state index is 0.00891. The van der Waals surface area contributed by atoms with Gasteiger partial charge in [0, 0.05) is 49.2 Å². The molecule has 250 valence electrons. The summed E-state index contributed by atoms with van der Waals surface area (Å²) in [4.78, 5) is 32.6. The van der Waals surface area contributed by atoms with E-state index >= 15 is 0 Å². The first kappa shape index (κ1) is 32.5. The van der Waals surface area contributed by atoms with Crippen LogP contribution in [0.25, 0.3) is 10.8 Å². The van der Waals surface area contributed by atoms with Crippen molar-refractivity contribution in [3.05, 3.63) is 120 Å². The number of nitrogens with one attached hydrogen (secondary N) is 2. The molecule has 1 aliphatic heterocycles. The van der Waals surface area contributed by atoms with Crippen molar-refractivity contribution < 1.29 is 9.59 Å². The monoisotopic (exact) mass is 642 g/mol. The van der Waals surface area contributed by atoms with E-state index in [1.165, 1.54) is 49.7 Å². The summed E-state index contributed by atoms with van der Waals surface area (Å²) in [7, 11) is 0. The van der Waals surface area contributed by atoms with Crippen molar-refractivity contribution in [2.45, 2.75) is 87.9 Å².